The summed E-state index contributed by atoms with van der Waals surface area (Å²) in [6, 6.07) is 0.815. The quantitative estimate of drug-likeness (QED) is 0.761. The van der Waals surface area contributed by atoms with Gasteiger partial charge in [-0.25, -0.2) is 12.7 Å². The number of hydrogen-bond donors (Lipinski definition) is 0. The fourth-order valence-corrected chi connectivity index (χ4v) is 5.41. The van der Waals surface area contributed by atoms with Crippen molar-refractivity contribution in [1.82, 2.24) is 9.21 Å². The molecule has 3 rings (SSSR count). The zero-order chi connectivity index (χ0) is 17.3. The molecule has 138 valence electrons. The van der Waals surface area contributed by atoms with E-state index in [1.54, 1.807) is 0 Å². The maximum atomic E-state index is 13.2. The Morgan fingerprint density at radius 3 is 2.12 bits per heavy atom. The maximum Gasteiger partial charge on any atom is 0.227 e. The standard InChI is InChI=1S/C18H32N2O3S/c1-3-14-6-8-16(9-7-14)20(17-10-11-17)18(21)15-5-4-12-19(13-15)24(2,22)23/h14-17H,3-13H2,1-2H3. The van der Waals surface area contributed by atoms with Crippen molar-refractivity contribution >= 4 is 15.9 Å². The summed E-state index contributed by atoms with van der Waals surface area (Å²) >= 11 is 0. The molecule has 3 fully saturated rings. The van der Waals surface area contributed by atoms with Crippen LogP contribution in [0.5, 0.6) is 0 Å². The lowest BCUT2D eigenvalue weighted by molar-refractivity contribution is -0.140. The number of nitrogens with zero attached hydrogens (tertiary/aromatic N) is 2. The van der Waals surface area contributed by atoms with Crippen LogP contribution in [0, 0.1) is 11.8 Å². The van der Waals surface area contributed by atoms with Crippen molar-refractivity contribution in [3.63, 3.8) is 0 Å². The highest BCUT2D eigenvalue weighted by Crippen LogP contribution is 2.38. The molecule has 0 aromatic heterocycles. The predicted molar refractivity (Wildman–Crippen MR) is 95.0 cm³/mol. The van der Waals surface area contributed by atoms with E-state index in [4.69, 9.17) is 0 Å². The van der Waals surface area contributed by atoms with E-state index in [0.717, 1.165) is 44.4 Å². The molecule has 0 N–H and O–H groups in total. The lowest BCUT2D eigenvalue weighted by Crippen LogP contribution is -2.51. The van der Waals surface area contributed by atoms with E-state index in [1.165, 1.54) is 29.8 Å². The van der Waals surface area contributed by atoms with Gasteiger partial charge in [0.2, 0.25) is 15.9 Å². The molecule has 0 bridgehead atoms. The molecular weight excluding hydrogens is 324 g/mol. The second kappa shape index (κ2) is 7.32. The number of rotatable bonds is 5. The summed E-state index contributed by atoms with van der Waals surface area (Å²) in [4.78, 5) is 15.4. The van der Waals surface area contributed by atoms with Crippen LogP contribution in [0.4, 0.5) is 0 Å². The van der Waals surface area contributed by atoms with Crippen LogP contribution in [0.3, 0.4) is 0 Å². The summed E-state index contributed by atoms with van der Waals surface area (Å²) in [7, 11) is -3.20. The van der Waals surface area contributed by atoms with Gasteiger partial charge in [-0.15, -0.1) is 0 Å². The smallest absolute Gasteiger partial charge is 0.227 e. The molecule has 1 atom stereocenters. The van der Waals surface area contributed by atoms with Crippen molar-refractivity contribution in [2.45, 2.75) is 76.8 Å². The van der Waals surface area contributed by atoms with Crippen LogP contribution < -0.4 is 0 Å². The largest absolute Gasteiger partial charge is 0.336 e. The molecule has 0 aromatic rings. The van der Waals surface area contributed by atoms with Crippen molar-refractivity contribution in [1.29, 1.82) is 0 Å². The average molecular weight is 357 g/mol. The van der Waals surface area contributed by atoms with Crippen LogP contribution >= 0.6 is 0 Å². The lowest BCUT2D eigenvalue weighted by atomic mass is 9.83. The minimum atomic E-state index is -3.20. The zero-order valence-electron chi connectivity index (χ0n) is 15.1. The van der Waals surface area contributed by atoms with Gasteiger partial charge in [0, 0.05) is 25.2 Å². The number of carbonyl (C=O) groups excluding carboxylic acids is 1. The molecule has 6 heteroatoms. The summed E-state index contributed by atoms with van der Waals surface area (Å²) in [6.45, 7) is 3.20. The number of hydrogen-bond acceptors (Lipinski definition) is 3. The fourth-order valence-electron chi connectivity index (χ4n) is 4.50. The Bertz CT molecular complexity index is 551. The highest BCUT2D eigenvalue weighted by atomic mass is 32.2. The number of piperidine rings is 1. The van der Waals surface area contributed by atoms with E-state index in [2.05, 4.69) is 11.8 Å². The number of amides is 1. The monoisotopic (exact) mass is 356 g/mol. The Morgan fingerprint density at radius 2 is 1.62 bits per heavy atom. The van der Waals surface area contributed by atoms with E-state index in [0.29, 0.717) is 25.2 Å². The highest BCUT2D eigenvalue weighted by Gasteiger charge is 2.42. The molecule has 0 aromatic carbocycles. The first-order valence-electron chi connectivity index (χ1n) is 9.67. The van der Waals surface area contributed by atoms with Gasteiger partial charge in [-0.05, 0) is 57.3 Å². The van der Waals surface area contributed by atoms with Gasteiger partial charge in [-0.3, -0.25) is 4.79 Å². The third-order valence-corrected chi connectivity index (χ3v) is 7.45. The molecular formula is C18H32N2O3S. The molecule has 0 radical (unpaired) electrons. The van der Waals surface area contributed by atoms with Crippen LogP contribution in [-0.2, 0) is 14.8 Å². The van der Waals surface area contributed by atoms with Crippen LogP contribution in [0.15, 0.2) is 0 Å². The summed E-state index contributed by atoms with van der Waals surface area (Å²) in [5.74, 6) is 0.914. The molecule has 1 heterocycles. The summed E-state index contributed by atoms with van der Waals surface area (Å²) in [5.41, 5.74) is 0. The van der Waals surface area contributed by atoms with E-state index in [1.807, 2.05) is 0 Å². The van der Waals surface area contributed by atoms with Crippen molar-refractivity contribution in [2.75, 3.05) is 19.3 Å². The molecule has 5 nitrogen and oxygen atoms in total. The normalized spacial score (nSPS) is 32.5. The van der Waals surface area contributed by atoms with Gasteiger partial charge in [0.1, 0.15) is 0 Å². The highest BCUT2D eigenvalue weighted by molar-refractivity contribution is 7.88. The molecule has 2 saturated carbocycles. The molecule has 1 amide bonds. The maximum absolute atomic E-state index is 13.2. The van der Waals surface area contributed by atoms with Crippen LogP contribution in [-0.4, -0.2) is 55.0 Å². The third-order valence-electron chi connectivity index (χ3n) is 6.18. The Kier molecular flexibility index (Phi) is 5.55. The van der Waals surface area contributed by atoms with E-state index in [-0.39, 0.29) is 11.8 Å². The first-order chi connectivity index (χ1) is 11.4. The average Bonchev–Trinajstić information content (AvgIpc) is 3.40. The summed E-state index contributed by atoms with van der Waals surface area (Å²) in [6.07, 6.45) is 11.1. The van der Waals surface area contributed by atoms with Crippen molar-refractivity contribution < 1.29 is 13.2 Å². The van der Waals surface area contributed by atoms with Gasteiger partial charge < -0.3 is 4.90 Å². The first kappa shape index (κ1) is 18.2. The van der Waals surface area contributed by atoms with Gasteiger partial charge in [0.25, 0.3) is 0 Å². The first-order valence-corrected chi connectivity index (χ1v) is 11.5. The lowest BCUT2D eigenvalue weighted by Gasteiger charge is -2.40. The van der Waals surface area contributed by atoms with E-state index >= 15 is 0 Å². The number of carbonyl (C=O) groups is 1. The molecule has 1 saturated heterocycles. The van der Waals surface area contributed by atoms with Crippen molar-refractivity contribution in [3.05, 3.63) is 0 Å². The Morgan fingerprint density at radius 1 is 1.04 bits per heavy atom. The molecule has 3 aliphatic rings. The number of sulfonamides is 1. The third kappa shape index (κ3) is 4.13. The fraction of sp³-hybridized carbons (Fsp3) is 0.944. The Balaban J connectivity index is 1.66. The van der Waals surface area contributed by atoms with Gasteiger partial charge in [0.05, 0.1) is 12.2 Å². The molecule has 1 aliphatic heterocycles. The molecule has 24 heavy (non-hydrogen) atoms. The van der Waals surface area contributed by atoms with Crippen LogP contribution in [0.2, 0.25) is 0 Å². The van der Waals surface area contributed by atoms with E-state index in [9.17, 15) is 13.2 Å². The molecule has 2 aliphatic carbocycles. The van der Waals surface area contributed by atoms with Gasteiger partial charge in [-0.1, -0.05) is 13.3 Å². The summed E-state index contributed by atoms with van der Waals surface area (Å²) < 4.78 is 25.2. The summed E-state index contributed by atoms with van der Waals surface area (Å²) in [5, 5.41) is 0. The Labute approximate surface area is 146 Å². The minimum absolute atomic E-state index is 0.141. The second-order valence-electron chi connectivity index (χ2n) is 8.02. The van der Waals surface area contributed by atoms with Gasteiger partial charge in [-0.2, -0.15) is 0 Å². The van der Waals surface area contributed by atoms with Gasteiger partial charge >= 0.3 is 0 Å². The van der Waals surface area contributed by atoms with Crippen LogP contribution in [0.1, 0.15) is 64.7 Å². The minimum Gasteiger partial charge on any atom is -0.336 e. The van der Waals surface area contributed by atoms with Crippen molar-refractivity contribution in [2.24, 2.45) is 11.8 Å². The Hall–Kier alpha value is -0.620. The van der Waals surface area contributed by atoms with Gasteiger partial charge in [0.15, 0.2) is 0 Å². The SMILES string of the molecule is CCC1CCC(N(C(=O)C2CCCN(S(C)(=O)=O)C2)C2CC2)CC1. The van der Waals surface area contributed by atoms with Crippen LogP contribution in [0.25, 0.3) is 0 Å². The predicted octanol–water partition coefficient (Wildman–Crippen LogP) is 2.62. The second-order valence-corrected chi connectivity index (χ2v) is 10.0. The molecule has 0 spiro atoms. The van der Waals surface area contributed by atoms with E-state index < -0.39 is 10.0 Å². The zero-order valence-corrected chi connectivity index (χ0v) is 15.9. The topological polar surface area (TPSA) is 57.7 Å². The van der Waals surface area contributed by atoms with Crippen molar-refractivity contribution in [3.8, 4) is 0 Å². The molecule has 1 unspecified atom stereocenters.